The summed E-state index contributed by atoms with van der Waals surface area (Å²) in [6.07, 6.45) is 0. The van der Waals surface area contributed by atoms with Crippen molar-refractivity contribution in [1.29, 1.82) is 0 Å². The molecule has 0 heterocycles. The fraction of sp³-hybridized carbons (Fsp3) is 1.00. The molecule has 0 saturated carbocycles. The van der Waals surface area contributed by atoms with E-state index in [1.54, 1.807) is 0 Å². The average Bonchev–Trinajstić information content (AvgIpc) is 1.35. The molecule has 0 aromatic carbocycles. The number of halogens is 1. The smallest absolute Gasteiger partial charge is 0.0930 e. The molecule has 0 rings (SSSR count). The lowest BCUT2D eigenvalue weighted by Crippen LogP contribution is -1.85. The molecule has 0 aromatic rings. The second-order valence-electron chi connectivity index (χ2n) is 2.21. The van der Waals surface area contributed by atoms with Crippen LogP contribution in [0.2, 0.25) is 0 Å². The van der Waals surface area contributed by atoms with Gasteiger partial charge < -0.3 is 0 Å². The van der Waals surface area contributed by atoms with Crippen LogP contribution in [0, 0.1) is 0 Å². The first-order valence-corrected chi connectivity index (χ1v) is 6.26. The summed E-state index contributed by atoms with van der Waals surface area (Å²) in [5, 5.41) is 0. The Hall–Kier alpha value is 1.22. The lowest BCUT2D eigenvalue weighted by molar-refractivity contribution is 2.10. The van der Waals surface area contributed by atoms with Gasteiger partial charge in [0.25, 0.3) is 0 Å². The molecule has 0 nitrogen and oxygen atoms in total. The first-order chi connectivity index (χ1) is 2.56. The van der Waals surface area contributed by atoms with E-state index >= 15 is 0 Å². The van der Waals surface area contributed by atoms with Crippen molar-refractivity contribution < 1.29 is 0 Å². The van der Waals surface area contributed by atoms with Crippen molar-refractivity contribution >= 4 is 34.4 Å². The topological polar surface area (TPSA) is 0 Å². The van der Waals surface area contributed by atoms with Crippen LogP contribution in [-0.4, -0.2) is 24.8 Å². The molecule has 0 aliphatic carbocycles. The summed E-state index contributed by atoms with van der Waals surface area (Å²) in [4.78, 5) is 2.27. The molecule has 0 atom stereocenters. The number of hydrogen-bond donors (Lipinski definition) is 0. The Bertz CT molecular complexity index is 40.5. The molecule has 0 N–H and O–H groups in total. The quantitative estimate of drug-likeness (QED) is 0.355. The van der Waals surface area contributed by atoms with E-state index in [4.69, 9.17) is 0 Å². The van der Waals surface area contributed by atoms with E-state index in [1.165, 1.54) is 0 Å². The molecular formula is C3H9BIP+. The second-order valence-corrected chi connectivity index (χ2v) is 8.31. The van der Waals surface area contributed by atoms with Crippen LogP contribution in [0.15, 0.2) is 0 Å². The van der Waals surface area contributed by atoms with Gasteiger partial charge in [-0.1, -0.05) is 22.4 Å². The van der Waals surface area contributed by atoms with Gasteiger partial charge in [0, 0.05) is 20.0 Å². The van der Waals surface area contributed by atoms with Crippen LogP contribution in [0.25, 0.3) is 0 Å². The molecule has 0 aromatic heterocycles. The Morgan fingerprint density at radius 1 is 1.33 bits per heavy atom. The van der Waals surface area contributed by atoms with Gasteiger partial charge in [-0.25, -0.2) is 0 Å². The minimum absolute atomic E-state index is 0.535. The summed E-state index contributed by atoms with van der Waals surface area (Å²) < 4.78 is 0. The van der Waals surface area contributed by atoms with Crippen LogP contribution in [0.3, 0.4) is 0 Å². The molecule has 0 spiro atoms. The van der Waals surface area contributed by atoms with Gasteiger partial charge in [-0.05, 0) is 7.14 Å². The zero-order chi connectivity index (χ0) is 5.21. The Balaban J connectivity index is 3.17. The number of rotatable bonds is 1. The molecular weight excluding hydrogens is 205 g/mol. The lowest BCUT2D eigenvalue weighted by Gasteiger charge is -2.01. The summed E-state index contributed by atoms with van der Waals surface area (Å²) in [5.74, 6) is 0. The standard InChI is InChI=1S/C3H9BIP/c1-6(2,3)4-5/h1-3H3/q+1. The maximum absolute atomic E-state index is 2.32. The summed E-state index contributed by atoms with van der Waals surface area (Å²) in [5.41, 5.74) is 0. The Labute approximate surface area is 54.5 Å². The zero-order valence-corrected chi connectivity index (χ0v) is 7.45. The summed E-state index contributed by atoms with van der Waals surface area (Å²) in [7, 11) is -0.535. The van der Waals surface area contributed by atoms with Crippen LogP contribution in [0.4, 0.5) is 0 Å². The van der Waals surface area contributed by atoms with Crippen molar-refractivity contribution in [2.24, 2.45) is 0 Å². The van der Waals surface area contributed by atoms with E-state index in [0.29, 0.717) is 0 Å². The van der Waals surface area contributed by atoms with Crippen LogP contribution in [-0.2, 0) is 0 Å². The highest BCUT2D eigenvalue weighted by molar-refractivity contribution is 14.1. The van der Waals surface area contributed by atoms with E-state index < -0.39 is 7.14 Å². The molecule has 6 heavy (non-hydrogen) atoms. The highest BCUT2D eigenvalue weighted by Crippen LogP contribution is 2.45. The van der Waals surface area contributed by atoms with Gasteiger partial charge in [-0.15, -0.1) is 0 Å². The molecule has 35 valence electrons. The molecule has 3 heteroatoms. The molecule has 0 fully saturated rings. The third-order valence-electron chi connectivity index (χ3n) is 0.293. The zero-order valence-electron chi connectivity index (χ0n) is 4.40. The molecule has 0 aliphatic heterocycles. The third kappa shape index (κ3) is 5.22. The van der Waals surface area contributed by atoms with Crippen LogP contribution < -0.4 is 0 Å². The van der Waals surface area contributed by atoms with Crippen molar-refractivity contribution in [1.82, 2.24) is 0 Å². The maximum Gasteiger partial charge on any atom is 0.436 e. The molecule has 0 saturated heterocycles. The predicted octanol–water partition coefficient (Wildman–Crippen LogP) is 1.86. The first-order valence-electron chi connectivity index (χ1n) is 1.82. The van der Waals surface area contributed by atoms with Crippen LogP contribution >= 0.6 is 29.5 Å². The van der Waals surface area contributed by atoms with E-state index in [0.717, 1.165) is 0 Å². The first kappa shape index (κ1) is 7.22. The van der Waals surface area contributed by atoms with Crippen LogP contribution in [0.5, 0.6) is 0 Å². The van der Waals surface area contributed by atoms with E-state index in [9.17, 15) is 0 Å². The Morgan fingerprint density at radius 3 is 1.50 bits per heavy atom. The third-order valence-corrected chi connectivity index (χ3v) is 5.89. The summed E-state index contributed by atoms with van der Waals surface area (Å²) in [6, 6.07) is 0. The summed E-state index contributed by atoms with van der Waals surface area (Å²) in [6.45, 7) is 6.87. The fourth-order valence-electron chi connectivity index (χ4n) is 0. The normalized spacial score (nSPS) is 11.3. The molecule has 1 radical (unpaired) electrons. The average molecular weight is 214 g/mol. The molecule has 0 unspecified atom stereocenters. The molecule has 0 amide bonds. The van der Waals surface area contributed by atoms with Crippen molar-refractivity contribution in [2.45, 2.75) is 0 Å². The number of hydrogen-bond acceptors (Lipinski definition) is 0. The molecule has 0 aliphatic rings. The minimum atomic E-state index is -0.535. The van der Waals surface area contributed by atoms with Gasteiger partial charge >= 0.3 is 4.86 Å². The Kier molecular flexibility index (Phi) is 3.02. The summed E-state index contributed by atoms with van der Waals surface area (Å²) >= 11 is 2.32. The lowest BCUT2D eigenvalue weighted by atomic mass is 10.7. The Morgan fingerprint density at radius 2 is 1.50 bits per heavy atom. The monoisotopic (exact) mass is 214 g/mol. The van der Waals surface area contributed by atoms with Crippen molar-refractivity contribution in [3.05, 3.63) is 0 Å². The van der Waals surface area contributed by atoms with E-state index in [2.05, 4.69) is 47.2 Å². The van der Waals surface area contributed by atoms with Gasteiger partial charge in [-0.3, -0.25) is 0 Å². The van der Waals surface area contributed by atoms with Gasteiger partial charge in [0.2, 0.25) is 0 Å². The van der Waals surface area contributed by atoms with Crippen molar-refractivity contribution in [3.8, 4) is 0 Å². The van der Waals surface area contributed by atoms with E-state index in [-0.39, 0.29) is 0 Å². The van der Waals surface area contributed by atoms with E-state index in [1.807, 2.05) is 0 Å². The van der Waals surface area contributed by atoms with Gasteiger partial charge in [0.15, 0.2) is 0 Å². The molecule has 0 bridgehead atoms. The largest absolute Gasteiger partial charge is 0.436 e. The highest BCUT2D eigenvalue weighted by atomic mass is 127. The maximum atomic E-state index is 2.32. The SMILES string of the molecule is C[P+](C)(C)[B]I. The van der Waals surface area contributed by atoms with Crippen molar-refractivity contribution in [2.75, 3.05) is 20.0 Å². The minimum Gasteiger partial charge on any atom is -0.0930 e. The predicted molar refractivity (Wildman–Crippen MR) is 44.5 cm³/mol. The second kappa shape index (κ2) is 2.51. The highest BCUT2D eigenvalue weighted by Gasteiger charge is 2.16. The van der Waals surface area contributed by atoms with Gasteiger partial charge in [0.1, 0.15) is 0 Å². The fourth-order valence-corrected chi connectivity index (χ4v) is 0. The van der Waals surface area contributed by atoms with Crippen molar-refractivity contribution in [3.63, 3.8) is 0 Å². The van der Waals surface area contributed by atoms with Crippen LogP contribution in [0.1, 0.15) is 0 Å². The van der Waals surface area contributed by atoms with Gasteiger partial charge in [0.05, 0.1) is 0 Å². The van der Waals surface area contributed by atoms with Gasteiger partial charge in [-0.2, -0.15) is 0 Å².